The van der Waals surface area contributed by atoms with Crippen LogP contribution >= 0.6 is 15.9 Å². The van der Waals surface area contributed by atoms with Gasteiger partial charge in [-0.3, -0.25) is 0 Å². The molecule has 1 atom stereocenters. The lowest BCUT2D eigenvalue weighted by atomic mass is 10.1. The minimum atomic E-state index is -3.39. The maximum atomic E-state index is 12.5. The van der Waals surface area contributed by atoms with E-state index in [9.17, 15) is 8.42 Å². The number of rotatable bonds is 6. The summed E-state index contributed by atoms with van der Waals surface area (Å²) in [4.78, 5) is 0.357. The third kappa shape index (κ3) is 4.29. The molecule has 1 unspecified atom stereocenters. The van der Waals surface area contributed by atoms with E-state index < -0.39 is 10.0 Å². The van der Waals surface area contributed by atoms with Crippen LogP contribution in [0.4, 0.5) is 0 Å². The van der Waals surface area contributed by atoms with E-state index in [0.717, 1.165) is 17.3 Å². The van der Waals surface area contributed by atoms with E-state index in [0.29, 0.717) is 10.8 Å². The molecule has 0 heterocycles. The first kappa shape index (κ1) is 16.7. The number of hydrogen-bond acceptors (Lipinski definition) is 2. The van der Waals surface area contributed by atoms with Crippen molar-refractivity contribution in [3.63, 3.8) is 0 Å². The van der Waals surface area contributed by atoms with Crippen LogP contribution < -0.4 is 0 Å². The molecule has 1 rings (SSSR count). The second-order valence-electron chi connectivity index (χ2n) is 5.28. The monoisotopic (exact) mass is 347 g/mol. The summed E-state index contributed by atoms with van der Waals surface area (Å²) in [5, 5.41) is 0.729. The Balaban J connectivity index is 2.95. The van der Waals surface area contributed by atoms with Gasteiger partial charge < -0.3 is 0 Å². The van der Waals surface area contributed by atoms with Crippen molar-refractivity contribution in [1.29, 1.82) is 0 Å². The van der Waals surface area contributed by atoms with E-state index in [-0.39, 0.29) is 6.04 Å². The van der Waals surface area contributed by atoms with Crippen LogP contribution in [0.5, 0.6) is 0 Å². The number of halogens is 1. The first-order valence-corrected chi connectivity index (χ1v) is 8.98. The van der Waals surface area contributed by atoms with Gasteiger partial charge in [0.15, 0.2) is 0 Å². The first-order chi connectivity index (χ1) is 8.78. The Kier molecular flexibility index (Phi) is 6.02. The molecule has 0 amide bonds. The van der Waals surface area contributed by atoms with Gasteiger partial charge in [0.05, 0.1) is 4.90 Å². The van der Waals surface area contributed by atoms with Crippen LogP contribution in [0.2, 0.25) is 0 Å². The highest BCUT2D eigenvalue weighted by atomic mass is 79.9. The summed E-state index contributed by atoms with van der Waals surface area (Å²) in [7, 11) is -1.74. The Morgan fingerprint density at radius 1 is 1.16 bits per heavy atom. The van der Waals surface area contributed by atoms with Crippen LogP contribution in [0.1, 0.15) is 32.8 Å². The highest BCUT2D eigenvalue weighted by molar-refractivity contribution is 9.08. The molecule has 0 saturated carbocycles. The quantitative estimate of drug-likeness (QED) is 0.736. The maximum Gasteiger partial charge on any atom is 0.243 e. The maximum absolute atomic E-state index is 12.5. The molecule has 1 aromatic carbocycles. The molecule has 5 heteroatoms. The van der Waals surface area contributed by atoms with Crippen molar-refractivity contribution in [1.82, 2.24) is 4.31 Å². The lowest BCUT2D eigenvalue weighted by Crippen LogP contribution is -2.35. The van der Waals surface area contributed by atoms with Crippen molar-refractivity contribution in [2.75, 3.05) is 7.05 Å². The second kappa shape index (κ2) is 6.86. The smallest absolute Gasteiger partial charge is 0.207 e. The van der Waals surface area contributed by atoms with Gasteiger partial charge in [-0.2, -0.15) is 4.31 Å². The number of sulfonamides is 1. The average Bonchev–Trinajstić information content (AvgIpc) is 2.37. The second-order valence-corrected chi connectivity index (χ2v) is 7.84. The summed E-state index contributed by atoms with van der Waals surface area (Å²) >= 11 is 3.35. The van der Waals surface area contributed by atoms with Gasteiger partial charge in [0, 0.05) is 18.4 Å². The minimum Gasteiger partial charge on any atom is -0.207 e. The van der Waals surface area contributed by atoms with E-state index in [1.165, 1.54) is 4.31 Å². The lowest BCUT2D eigenvalue weighted by Gasteiger charge is -2.25. The van der Waals surface area contributed by atoms with Crippen molar-refractivity contribution in [2.24, 2.45) is 5.92 Å². The molecule has 19 heavy (non-hydrogen) atoms. The van der Waals surface area contributed by atoms with Gasteiger partial charge in [0.1, 0.15) is 0 Å². The molecular formula is C14H22BrNO2S. The normalized spacial score (nSPS) is 14.1. The van der Waals surface area contributed by atoms with Gasteiger partial charge >= 0.3 is 0 Å². The molecule has 3 nitrogen and oxygen atoms in total. The van der Waals surface area contributed by atoms with Gasteiger partial charge in [-0.1, -0.05) is 41.9 Å². The zero-order chi connectivity index (χ0) is 14.6. The summed E-state index contributed by atoms with van der Waals surface area (Å²) in [6, 6.07) is 7.01. The predicted octanol–water partition coefficient (Wildman–Crippen LogP) is 3.64. The lowest BCUT2D eigenvalue weighted by molar-refractivity contribution is 0.338. The molecule has 0 aliphatic carbocycles. The van der Waals surface area contributed by atoms with Gasteiger partial charge in [0.2, 0.25) is 10.0 Å². The standard InChI is InChI=1S/C14H22BrNO2S/c1-11(2)9-12(3)16(4)19(17,18)14-7-5-13(10-15)6-8-14/h5-8,11-12H,9-10H2,1-4H3. The molecular weight excluding hydrogens is 326 g/mol. The molecule has 0 radical (unpaired) electrons. The van der Waals surface area contributed by atoms with E-state index in [4.69, 9.17) is 0 Å². The molecule has 0 aromatic heterocycles. The van der Waals surface area contributed by atoms with E-state index >= 15 is 0 Å². The Bertz CT molecular complexity index is 497. The fraction of sp³-hybridized carbons (Fsp3) is 0.571. The number of alkyl halides is 1. The van der Waals surface area contributed by atoms with Crippen molar-refractivity contribution < 1.29 is 8.42 Å². The summed E-state index contributed by atoms with van der Waals surface area (Å²) < 4.78 is 26.4. The van der Waals surface area contributed by atoms with Crippen molar-refractivity contribution in [2.45, 2.75) is 43.5 Å². The molecule has 0 bridgehead atoms. The van der Waals surface area contributed by atoms with Gasteiger partial charge in [-0.05, 0) is 37.0 Å². The predicted molar refractivity (Wildman–Crippen MR) is 82.9 cm³/mol. The molecule has 0 N–H and O–H groups in total. The number of hydrogen-bond donors (Lipinski definition) is 0. The highest BCUT2D eigenvalue weighted by Gasteiger charge is 2.25. The van der Waals surface area contributed by atoms with Crippen LogP contribution in [0, 0.1) is 5.92 Å². The van der Waals surface area contributed by atoms with Crippen molar-refractivity contribution >= 4 is 26.0 Å². The fourth-order valence-electron chi connectivity index (χ4n) is 1.98. The zero-order valence-electron chi connectivity index (χ0n) is 11.9. The third-order valence-electron chi connectivity index (χ3n) is 3.19. The van der Waals surface area contributed by atoms with E-state index in [1.54, 1.807) is 19.2 Å². The van der Waals surface area contributed by atoms with Gasteiger partial charge in [0.25, 0.3) is 0 Å². The fourth-order valence-corrected chi connectivity index (χ4v) is 3.73. The Morgan fingerprint density at radius 3 is 2.11 bits per heavy atom. The summed E-state index contributed by atoms with van der Waals surface area (Å²) in [6.45, 7) is 6.15. The Hall–Kier alpha value is -0.390. The highest BCUT2D eigenvalue weighted by Crippen LogP contribution is 2.20. The van der Waals surface area contributed by atoms with Crippen LogP contribution in [0.3, 0.4) is 0 Å². The summed E-state index contributed by atoms with van der Waals surface area (Å²) in [5.74, 6) is 0.475. The van der Waals surface area contributed by atoms with Crippen LogP contribution in [0.15, 0.2) is 29.2 Å². The van der Waals surface area contributed by atoms with E-state index in [1.807, 2.05) is 19.1 Å². The molecule has 0 spiro atoms. The molecule has 1 aromatic rings. The van der Waals surface area contributed by atoms with E-state index in [2.05, 4.69) is 29.8 Å². The summed E-state index contributed by atoms with van der Waals surface area (Å²) in [5.41, 5.74) is 1.07. The topological polar surface area (TPSA) is 37.4 Å². The third-order valence-corrected chi connectivity index (χ3v) is 5.82. The number of benzene rings is 1. The SMILES string of the molecule is CC(C)CC(C)N(C)S(=O)(=O)c1ccc(CBr)cc1. The largest absolute Gasteiger partial charge is 0.243 e. The average molecular weight is 348 g/mol. The molecule has 108 valence electrons. The van der Waals surface area contributed by atoms with Crippen LogP contribution in [0.25, 0.3) is 0 Å². The zero-order valence-corrected chi connectivity index (χ0v) is 14.3. The summed E-state index contributed by atoms with van der Waals surface area (Å²) in [6.07, 6.45) is 0.856. The Morgan fingerprint density at radius 2 is 1.68 bits per heavy atom. The molecule has 0 aliphatic rings. The van der Waals surface area contributed by atoms with Crippen LogP contribution in [-0.4, -0.2) is 25.8 Å². The molecule has 0 saturated heterocycles. The minimum absolute atomic E-state index is 0.000789. The van der Waals surface area contributed by atoms with Crippen LogP contribution in [-0.2, 0) is 15.4 Å². The van der Waals surface area contributed by atoms with Crippen molar-refractivity contribution in [3.05, 3.63) is 29.8 Å². The number of nitrogens with zero attached hydrogens (tertiary/aromatic N) is 1. The Labute approximate surface area is 125 Å². The van der Waals surface area contributed by atoms with Gasteiger partial charge in [-0.25, -0.2) is 8.42 Å². The van der Waals surface area contributed by atoms with Crippen molar-refractivity contribution in [3.8, 4) is 0 Å². The molecule has 0 fully saturated rings. The van der Waals surface area contributed by atoms with Gasteiger partial charge in [-0.15, -0.1) is 0 Å². The first-order valence-electron chi connectivity index (χ1n) is 6.42. The molecule has 0 aliphatic heterocycles.